The zero-order chi connectivity index (χ0) is 15.0. The summed E-state index contributed by atoms with van der Waals surface area (Å²) >= 11 is 0. The summed E-state index contributed by atoms with van der Waals surface area (Å²) in [5.74, 6) is -1.06. The van der Waals surface area contributed by atoms with Crippen LogP contribution in [-0.4, -0.2) is 30.2 Å². The van der Waals surface area contributed by atoms with Crippen molar-refractivity contribution < 1.29 is 9.18 Å². The molecule has 2 aliphatic rings. The molecule has 6 heteroatoms. The molecule has 21 heavy (non-hydrogen) atoms. The average molecular weight is 288 g/mol. The highest BCUT2D eigenvalue weighted by molar-refractivity contribution is 6.26. The van der Waals surface area contributed by atoms with E-state index in [0.717, 1.165) is 19.4 Å². The molecule has 0 radical (unpaired) electrons. The van der Waals surface area contributed by atoms with Gasteiger partial charge in [-0.3, -0.25) is 9.79 Å². The van der Waals surface area contributed by atoms with Gasteiger partial charge in [-0.25, -0.2) is 4.39 Å². The van der Waals surface area contributed by atoms with Gasteiger partial charge in [-0.15, -0.1) is 0 Å². The van der Waals surface area contributed by atoms with Crippen LogP contribution in [0.3, 0.4) is 0 Å². The molecule has 5 nitrogen and oxygen atoms in total. The first-order chi connectivity index (χ1) is 10.0. The summed E-state index contributed by atoms with van der Waals surface area (Å²) in [5.41, 5.74) is 12.8. The van der Waals surface area contributed by atoms with Crippen molar-refractivity contribution in [3.8, 4) is 0 Å². The van der Waals surface area contributed by atoms with Gasteiger partial charge in [-0.1, -0.05) is 12.1 Å². The van der Waals surface area contributed by atoms with Gasteiger partial charge < -0.3 is 16.8 Å². The van der Waals surface area contributed by atoms with E-state index >= 15 is 0 Å². The van der Waals surface area contributed by atoms with Crippen LogP contribution in [-0.2, 0) is 4.79 Å². The molecular formula is C15H17FN4O. The number of hydrogen-bond acceptors (Lipinski definition) is 4. The quantitative estimate of drug-likeness (QED) is 0.709. The van der Waals surface area contributed by atoms with Crippen molar-refractivity contribution in [2.45, 2.75) is 18.4 Å². The van der Waals surface area contributed by atoms with Gasteiger partial charge in [0.1, 0.15) is 5.82 Å². The van der Waals surface area contributed by atoms with E-state index in [-0.39, 0.29) is 16.8 Å². The van der Waals surface area contributed by atoms with E-state index < -0.39 is 11.7 Å². The van der Waals surface area contributed by atoms with Gasteiger partial charge in [0.25, 0.3) is 5.91 Å². The van der Waals surface area contributed by atoms with E-state index in [4.69, 9.17) is 11.5 Å². The van der Waals surface area contributed by atoms with E-state index in [1.807, 2.05) is 0 Å². The lowest BCUT2D eigenvalue weighted by molar-refractivity contribution is -0.114. The topological polar surface area (TPSA) is 93.5 Å². The predicted molar refractivity (Wildman–Crippen MR) is 79.0 cm³/mol. The highest BCUT2D eigenvalue weighted by Crippen LogP contribution is 2.41. The molecule has 3 rings (SSSR count). The number of nitrogens with one attached hydrogen (secondary N) is 1. The molecule has 0 bridgehead atoms. The second kappa shape index (κ2) is 4.96. The summed E-state index contributed by atoms with van der Waals surface area (Å²) < 4.78 is 13.3. The van der Waals surface area contributed by atoms with Crippen LogP contribution in [0, 0.1) is 5.82 Å². The predicted octanol–water partition coefficient (Wildman–Crippen LogP) is 0.558. The molecule has 0 unspecified atom stereocenters. The highest BCUT2D eigenvalue weighted by Gasteiger charge is 2.44. The second-order valence-electron chi connectivity index (χ2n) is 5.55. The Morgan fingerprint density at radius 3 is 2.71 bits per heavy atom. The van der Waals surface area contributed by atoms with Gasteiger partial charge in [0, 0.05) is 18.7 Å². The Hall–Kier alpha value is -2.21. The largest absolute Gasteiger partial charge is 0.398 e. The van der Waals surface area contributed by atoms with Crippen LogP contribution < -0.4 is 16.8 Å². The zero-order valence-electron chi connectivity index (χ0n) is 11.5. The molecule has 1 aliphatic carbocycles. The maximum Gasteiger partial charge on any atom is 0.252 e. The number of benzene rings is 1. The van der Waals surface area contributed by atoms with Crippen LogP contribution in [0.4, 0.5) is 4.39 Å². The second-order valence-corrected chi connectivity index (χ2v) is 5.55. The first kappa shape index (κ1) is 13.8. The number of halogens is 1. The molecule has 1 heterocycles. The van der Waals surface area contributed by atoms with Crippen LogP contribution in [0.25, 0.3) is 5.70 Å². The number of primary amides is 1. The summed E-state index contributed by atoms with van der Waals surface area (Å²) in [6.45, 7) is 1.25. The number of rotatable bonds is 3. The molecule has 0 atom stereocenters. The number of nitrogens with two attached hydrogens (primary N) is 2. The lowest BCUT2D eigenvalue weighted by Crippen LogP contribution is -2.41. The Morgan fingerprint density at radius 2 is 2.10 bits per heavy atom. The van der Waals surface area contributed by atoms with Crippen LogP contribution in [0.2, 0.25) is 0 Å². The smallest absolute Gasteiger partial charge is 0.252 e. The van der Waals surface area contributed by atoms with Crippen LogP contribution in [0.15, 0.2) is 34.8 Å². The molecule has 1 aromatic rings. The molecule has 1 aromatic carbocycles. The van der Waals surface area contributed by atoms with Gasteiger partial charge >= 0.3 is 0 Å². The number of aliphatic imine (C=N–C) groups is 1. The van der Waals surface area contributed by atoms with Gasteiger partial charge in [0.05, 0.1) is 22.5 Å². The number of nitrogens with zero attached hydrogens (tertiary/aromatic N) is 1. The Labute approximate surface area is 121 Å². The minimum Gasteiger partial charge on any atom is -0.398 e. The fourth-order valence-corrected chi connectivity index (χ4v) is 2.59. The Kier molecular flexibility index (Phi) is 3.25. The zero-order valence-corrected chi connectivity index (χ0v) is 11.5. The maximum absolute atomic E-state index is 13.3. The normalized spacial score (nSPS) is 20.7. The lowest BCUT2D eigenvalue weighted by Gasteiger charge is -2.22. The Bertz CT molecular complexity index is 661. The van der Waals surface area contributed by atoms with E-state index in [2.05, 4.69) is 10.3 Å². The summed E-state index contributed by atoms with van der Waals surface area (Å²) in [6, 6.07) is 5.78. The van der Waals surface area contributed by atoms with Crippen LogP contribution in [0.1, 0.15) is 18.4 Å². The van der Waals surface area contributed by atoms with Crippen molar-refractivity contribution in [1.29, 1.82) is 0 Å². The number of hydrogen-bond donors (Lipinski definition) is 3. The van der Waals surface area contributed by atoms with E-state index in [9.17, 15) is 9.18 Å². The molecule has 110 valence electrons. The molecule has 1 spiro atoms. The first-order valence-corrected chi connectivity index (χ1v) is 6.86. The SMILES string of the molecule is NC(=O)C(C1=NC2(CC2)CNC1)=C(N)c1cccc(F)c1. The number of carbonyl (C=O) groups excluding carboxylic acids is 1. The molecule has 1 aliphatic heterocycles. The van der Waals surface area contributed by atoms with Crippen molar-refractivity contribution >= 4 is 17.3 Å². The maximum atomic E-state index is 13.3. The molecular weight excluding hydrogens is 271 g/mol. The van der Waals surface area contributed by atoms with Crippen molar-refractivity contribution in [2.24, 2.45) is 16.5 Å². The fraction of sp³-hybridized carbons (Fsp3) is 0.333. The fourth-order valence-electron chi connectivity index (χ4n) is 2.59. The molecule has 1 amide bonds. The third-order valence-electron chi connectivity index (χ3n) is 3.89. The molecule has 0 saturated heterocycles. The van der Waals surface area contributed by atoms with Crippen molar-refractivity contribution in [1.82, 2.24) is 5.32 Å². The van der Waals surface area contributed by atoms with Gasteiger partial charge in [-0.2, -0.15) is 0 Å². The van der Waals surface area contributed by atoms with Crippen LogP contribution in [0.5, 0.6) is 0 Å². The molecule has 1 fully saturated rings. The minimum atomic E-state index is -0.644. The van der Waals surface area contributed by atoms with Crippen LogP contribution >= 0.6 is 0 Å². The minimum absolute atomic E-state index is 0.101. The van der Waals surface area contributed by atoms with Gasteiger partial charge in [0.2, 0.25) is 0 Å². The third kappa shape index (κ3) is 2.67. The summed E-state index contributed by atoms with van der Waals surface area (Å²) in [5, 5.41) is 3.24. The summed E-state index contributed by atoms with van der Waals surface area (Å²) in [7, 11) is 0. The molecule has 0 aromatic heterocycles. The Balaban J connectivity index is 2.07. The first-order valence-electron chi connectivity index (χ1n) is 6.86. The monoisotopic (exact) mass is 288 g/mol. The number of amides is 1. The van der Waals surface area contributed by atoms with Gasteiger partial charge in [-0.05, 0) is 25.0 Å². The standard InChI is InChI=1S/C15H17FN4O/c16-10-3-1-2-9(6-10)13(17)12(14(18)21)11-7-19-8-15(20-11)4-5-15/h1-3,6,19H,4-5,7-8,17H2,(H2,18,21). The average Bonchev–Trinajstić information content (AvgIpc) is 3.17. The van der Waals surface area contributed by atoms with E-state index in [1.165, 1.54) is 12.1 Å². The highest BCUT2D eigenvalue weighted by atomic mass is 19.1. The van der Waals surface area contributed by atoms with Crippen molar-refractivity contribution in [3.05, 3.63) is 41.2 Å². The Morgan fingerprint density at radius 1 is 1.33 bits per heavy atom. The molecule has 5 N–H and O–H groups in total. The number of carbonyl (C=O) groups is 1. The van der Waals surface area contributed by atoms with Crippen molar-refractivity contribution in [3.63, 3.8) is 0 Å². The molecule has 1 saturated carbocycles. The van der Waals surface area contributed by atoms with E-state index in [1.54, 1.807) is 12.1 Å². The van der Waals surface area contributed by atoms with Crippen molar-refractivity contribution in [2.75, 3.05) is 13.1 Å². The van der Waals surface area contributed by atoms with Gasteiger partial charge in [0.15, 0.2) is 0 Å². The summed E-state index contributed by atoms with van der Waals surface area (Å²) in [4.78, 5) is 16.4. The third-order valence-corrected chi connectivity index (χ3v) is 3.89. The lowest BCUT2D eigenvalue weighted by atomic mass is 10.00. The summed E-state index contributed by atoms with van der Waals surface area (Å²) in [6.07, 6.45) is 1.99. The van der Waals surface area contributed by atoms with E-state index in [0.29, 0.717) is 17.8 Å².